The predicted octanol–water partition coefficient (Wildman–Crippen LogP) is 4.34. The van der Waals surface area contributed by atoms with Crippen molar-refractivity contribution in [2.75, 3.05) is 23.8 Å². The molecule has 0 aliphatic carbocycles. The number of benzene rings is 2. The second-order valence-electron chi connectivity index (χ2n) is 6.75. The molecule has 0 radical (unpaired) electrons. The molecular weight excluding hydrogens is 431 g/mol. The molecular formula is C21H16F3N3O5. The van der Waals surface area contributed by atoms with Gasteiger partial charge in [-0.15, -0.1) is 0 Å². The van der Waals surface area contributed by atoms with Gasteiger partial charge in [0.25, 0.3) is 5.91 Å². The van der Waals surface area contributed by atoms with E-state index >= 15 is 0 Å². The van der Waals surface area contributed by atoms with E-state index in [1.165, 1.54) is 37.3 Å². The van der Waals surface area contributed by atoms with Gasteiger partial charge < -0.3 is 24.5 Å². The number of anilines is 2. The Labute approximate surface area is 179 Å². The molecule has 8 nitrogen and oxygen atoms in total. The minimum Gasteiger partial charge on any atom is -0.486 e. The van der Waals surface area contributed by atoms with Crippen LogP contribution < -0.4 is 20.1 Å². The van der Waals surface area contributed by atoms with E-state index in [0.29, 0.717) is 24.7 Å². The first-order valence-corrected chi connectivity index (χ1v) is 9.36. The minimum absolute atomic E-state index is 0.146. The zero-order valence-electron chi connectivity index (χ0n) is 16.6. The molecule has 3 aromatic rings. The molecule has 0 bridgehead atoms. The number of oxazole rings is 1. The molecule has 0 unspecified atom stereocenters. The maximum Gasteiger partial charge on any atom is 0.417 e. The molecule has 4 rings (SSSR count). The Morgan fingerprint density at radius 2 is 1.62 bits per heavy atom. The van der Waals surface area contributed by atoms with Gasteiger partial charge >= 0.3 is 6.18 Å². The SMILES string of the molecule is CC(=O)Nc1cc2c(cc1NC(=O)c1ncoc1-c1ccccc1C(F)(F)F)OCCO2. The maximum absolute atomic E-state index is 13.4. The lowest BCUT2D eigenvalue weighted by molar-refractivity contribution is -0.137. The molecule has 1 aromatic heterocycles. The standard InChI is InChI=1S/C21H16F3N3O5/c1-11(28)26-14-8-16-17(31-7-6-30-16)9-15(14)27-20(29)18-19(32-10-25-18)12-4-2-3-5-13(12)21(22,23)24/h2-5,8-10H,6-7H2,1H3,(H,26,28)(H,27,29). The van der Waals surface area contributed by atoms with Crippen LogP contribution in [0.15, 0.2) is 47.2 Å². The van der Waals surface area contributed by atoms with Crippen LogP contribution in [0.4, 0.5) is 24.5 Å². The number of amides is 2. The fourth-order valence-corrected chi connectivity index (χ4v) is 3.19. The van der Waals surface area contributed by atoms with Gasteiger partial charge in [-0.1, -0.05) is 18.2 Å². The van der Waals surface area contributed by atoms with Gasteiger partial charge in [-0.25, -0.2) is 4.98 Å². The van der Waals surface area contributed by atoms with Gasteiger partial charge in [0, 0.05) is 24.6 Å². The van der Waals surface area contributed by atoms with Crippen molar-refractivity contribution < 1.29 is 36.7 Å². The molecule has 2 amide bonds. The Morgan fingerprint density at radius 3 is 2.25 bits per heavy atom. The zero-order valence-corrected chi connectivity index (χ0v) is 16.6. The van der Waals surface area contributed by atoms with E-state index in [0.717, 1.165) is 12.5 Å². The van der Waals surface area contributed by atoms with E-state index in [9.17, 15) is 22.8 Å². The largest absolute Gasteiger partial charge is 0.486 e. The third-order valence-corrected chi connectivity index (χ3v) is 4.50. The van der Waals surface area contributed by atoms with E-state index in [1.54, 1.807) is 0 Å². The summed E-state index contributed by atoms with van der Waals surface area (Å²) >= 11 is 0. The zero-order chi connectivity index (χ0) is 22.9. The van der Waals surface area contributed by atoms with Gasteiger partial charge in [-0.3, -0.25) is 9.59 Å². The van der Waals surface area contributed by atoms with E-state index in [-0.39, 0.29) is 28.4 Å². The molecule has 32 heavy (non-hydrogen) atoms. The number of halogens is 3. The van der Waals surface area contributed by atoms with Crippen LogP contribution in [0, 0.1) is 0 Å². The molecule has 0 saturated heterocycles. The Hall–Kier alpha value is -4.02. The van der Waals surface area contributed by atoms with E-state index < -0.39 is 23.6 Å². The topological polar surface area (TPSA) is 103 Å². The molecule has 166 valence electrons. The van der Waals surface area contributed by atoms with E-state index in [4.69, 9.17) is 13.9 Å². The lowest BCUT2D eigenvalue weighted by Gasteiger charge is -2.21. The molecule has 2 aromatic carbocycles. The highest BCUT2D eigenvalue weighted by Gasteiger charge is 2.35. The van der Waals surface area contributed by atoms with Gasteiger partial charge in [0.1, 0.15) is 13.2 Å². The second-order valence-corrected chi connectivity index (χ2v) is 6.75. The highest BCUT2D eigenvalue weighted by molar-refractivity contribution is 6.09. The normalized spacial score (nSPS) is 12.9. The summed E-state index contributed by atoms with van der Waals surface area (Å²) in [5.74, 6) is -0.871. The summed E-state index contributed by atoms with van der Waals surface area (Å²) < 4.78 is 56.4. The Kier molecular flexibility index (Phi) is 5.47. The number of fused-ring (bicyclic) bond motifs is 1. The minimum atomic E-state index is -4.66. The summed E-state index contributed by atoms with van der Waals surface area (Å²) in [5, 5.41) is 5.11. The van der Waals surface area contributed by atoms with Crippen LogP contribution in [0.25, 0.3) is 11.3 Å². The molecule has 0 saturated carbocycles. The number of alkyl halides is 3. The molecule has 0 fully saturated rings. The number of nitrogens with zero attached hydrogens (tertiary/aromatic N) is 1. The highest BCUT2D eigenvalue weighted by atomic mass is 19.4. The molecule has 2 heterocycles. The average molecular weight is 447 g/mol. The van der Waals surface area contributed by atoms with E-state index in [2.05, 4.69) is 15.6 Å². The molecule has 1 aliphatic heterocycles. The van der Waals surface area contributed by atoms with Gasteiger partial charge in [-0.05, 0) is 6.07 Å². The van der Waals surface area contributed by atoms with Crippen molar-refractivity contribution in [1.29, 1.82) is 0 Å². The van der Waals surface area contributed by atoms with Crippen molar-refractivity contribution >= 4 is 23.2 Å². The van der Waals surface area contributed by atoms with Crippen molar-refractivity contribution in [1.82, 2.24) is 4.98 Å². The smallest absolute Gasteiger partial charge is 0.417 e. The number of hydrogen-bond acceptors (Lipinski definition) is 6. The van der Waals surface area contributed by atoms with Crippen LogP contribution in [0.3, 0.4) is 0 Å². The summed E-state index contributed by atoms with van der Waals surface area (Å²) in [6.07, 6.45) is -3.78. The Bertz CT molecular complexity index is 1190. The van der Waals surface area contributed by atoms with Crippen molar-refractivity contribution in [2.45, 2.75) is 13.1 Å². The summed E-state index contributed by atoms with van der Waals surface area (Å²) in [6.45, 7) is 1.90. The van der Waals surface area contributed by atoms with Gasteiger partial charge in [0.15, 0.2) is 29.3 Å². The van der Waals surface area contributed by atoms with Gasteiger partial charge in [0.2, 0.25) is 5.91 Å². The summed E-state index contributed by atoms with van der Waals surface area (Å²) in [5.41, 5.74) is -1.29. The number of rotatable bonds is 4. The maximum atomic E-state index is 13.4. The Morgan fingerprint density at radius 1 is 1.00 bits per heavy atom. The van der Waals surface area contributed by atoms with Gasteiger partial charge in [-0.2, -0.15) is 13.2 Å². The van der Waals surface area contributed by atoms with Crippen molar-refractivity contribution in [3.8, 4) is 22.8 Å². The van der Waals surface area contributed by atoms with Gasteiger partial charge in [0.05, 0.1) is 16.9 Å². The fraction of sp³-hybridized carbons (Fsp3) is 0.190. The predicted molar refractivity (Wildman–Crippen MR) is 107 cm³/mol. The number of hydrogen-bond donors (Lipinski definition) is 2. The molecule has 0 spiro atoms. The number of nitrogens with one attached hydrogen (secondary N) is 2. The second kappa shape index (κ2) is 8.25. The summed E-state index contributed by atoms with van der Waals surface area (Å²) in [4.78, 5) is 28.3. The summed E-state index contributed by atoms with van der Waals surface area (Å²) in [7, 11) is 0. The van der Waals surface area contributed by atoms with Crippen LogP contribution in [0.1, 0.15) is 23.0 Å². The first-order valence-electron chi connectivity index (χ1n) is 9.36. The molecule has 11 heteroatoms. The number of carbonyl (C=O) groups is 2. The van der Waals surface area contributed by atoms with Crippen LogP contribution >= 0.6 is 0 Å². The molecule has 1 aliphatic rings. The van der Waals surface area contributed by atoms with Crippen LogP contribution in [0.2, 0.25) is 0 Å². The highest BCUT2D eigenvalue weighted by Crippen LogP contribution is 2.40. The monoisotopic (exact) mass is 447 g/mol. The first-order chi connectivity index (χ1) is 15.2. The Balaban J connectivity index is 1.70. The molecule has 0 atom stereocenters. The average Bonchev–Trinajstić information content (AvgIpc) is 3.23. The summed E-state index contributed by atoms with van der Waals surface area (Å²) in [6, 6.07) is 7.62. The van der Waals surface area contributed by atoms with E-state index in [1.807, 2.05) is 0 Å². The third kappa shape index (κ3) is 4.22. The molecule has 2 N–H and O–H groups in total. The van der Waals surface area contributed by atoms with Crippen LogP contribution in [-0.2, 0) is 11.0 Å². The quantitative estimate of drug-likeness (QED) is 0.617. The van der Waals surface area contributed by atoms with Crippen molar-refractivity contribution in [3.63, 3.8) is 0 Å². The lowest BCUT2D eigenvalue weighted by Crippen LogP contribution is -2.19. The van der Waals surface area contributed by atoms with Crippen LogP contribution in [0.5, 0.6) is 11.5 Å². The lowest BCUT2D eigenvalue weighted by atomic mass is 10.0. The van der Waals surface area contributed by atoms with Crippen LogP contribution in [-0.4, -0.2) is 30.0 Å². The van der Waals surface area contributed by atoms with Crippen molar-refractivity contribution in [2.24, 2.45) is 0 Å². The number of carbonyl (C=O) groups excluding carboxylic acids is 2. The van der Waals surface area contributed by atoms with Crippen molar-refractivity contribution in [3.05, 3.63) is 54.0 Å². The number of ether oxygens (including phenoxy) is 2. The first kappa shape index (κ1) is 21.2. The fourth-order valence-electron chi connectivity index (χ4n) is 3.19. The number of aromatic nitrogens is 1. The third-order valence-electron chi connectivity index (χ3n) is 4.50.